The van der Waals surface area contributed by atoms with Gasteiger partial charge in [0.2, 0.25) is 5.91 Å². The first-order valence-electron chi connectivity index (χ1n) is 10.1. The Morgan fingerprint density at radius 1 is 1.17 bits per heavy atom. The van der Waals surface area contributed by atoms with Crippen molar-refractivity contribution in [2.75, 3.05) is 10.2 Å². The number of ether oxygens (including phenoxy) is 1. The van der Waals surface area contributed by atoms with Crippen LogP contribution in [0.1, 0.15) is 49.2 Å². The van der Waals surface area contributed by atoms with Gasteiger partial charge in [-0.15, -0.1) is 0 Å². The Morgan fingerprint density at radius 3 is 2.37 bits per heavy atom. The zero-order valence-corrected chi connectivity index (χ0v) is 17.6. The lowest BCUT2D eigenvalue weighted by Crippen LogP contribution is -2.52. The Kier molecular flexibility index (Phi) is 6.10. The van der Waals surface area contributed by atoms with Crippen LogP contribution in [0.2, 0.25) is 0 Å². The monoisotopic (exact) mass is 410 g/mol. The largest absolute Gasteiger partial charge is 0.479 e. The van der Waals surface area contributed by atoms with Gasteiger partial charge in [0.05, 0.1) is 11.3 Å². The lowest BCUT2D eigenvalue weighted by Gasteiger charge is -2.36. The van der Waals surface area contributed by atoms with Crippen LogP contribution in [0.5, 0.6) is 5.75 Å². The highest BCUT2D eigenvalue weighted by atomic mass is 16.5. The van der Waals surface area contributed by atoms with Gasteiger partial charge >= 0.3 is 5.97 Å². The molecule has 2 unspecified atom stereocenters. The van der Waals surface area contributed by atoms with Crippen molar-refractivity contribution in [1.29, 1.82) is 0 Å². The number of aryl methyl sites for hydroxylation is 2. The van der Waals surface area contributed by atoms with Crippen LogP contribution in [-0.2, 0) is 22.4 Å². The van der Waals surface area contributed by atoms with Gasteiger partial charge in [-0.25, -0.2) is 4.79 Å². The molecule has 0 bridgehead atoms. The quantitative estimate of drug-likeness (QED) is 0.758. The van der Waals surface area contributed by atoms with Crippen LogP contribution in [0.25, 0.3) is 0 Å². The van der Waals surface area contributed by atoms with E-state index in [9.17, 15) is 19.5 Å². The topological polar surface area (TPSA) is 95.9 Å². The summed E-state index contributed by atoms with van der Waals surface area (Å²) in [4.78, 5) is 38.7. The number of nitrogens with zero attached hydrogens (tertiary/aromatic N) is 1. The minimum absolute atomic E-state index is 0.0526. The number of aromatic carboxylic acids is 1. The second kappa shape index (κ2) is 8.57. The fourth-order valence-electron chi connectivity index (χ4n) is 3.64. The lowest BCUT2D eigenvalue weighted by molar-refractivity contribution is -0.128. The molecule has 2 aromatic carbocycles. The number of hydrogen-bond donors (Lipinski definition) is 2. The Labute approximate surface area is 175 Å². The number of rotatable bonds is 6. The van der Waals surface area contributed by atoms with Crippen molar-refractivity contribution in [3.63, 3.8) is 0 Å². The van der Waals surface area contributed by atoms with Gasteiger partial charge in [-0.05, 0) is 56.0 Å². The van der Waals surface area contributed by atoms with Crippen molar-refractivity contribution in [3.8, 4) is 5.75 Å². The molecule has 1 heterocycles. The Morgan fingerprint density at radius 2 is 1.80 bits per heavy atom. The maximum Gasteiger partial charge on any atom is 0.335 e. The molecule has 3 rings (SSSR count). The van der Waals surface area contributed by atoms with Crippen molar-refractivity contribution in [2.45, 2.75) is 52.7 Å². The van der Waals surface area contributed by atoms with E-state index in [1.807, 2.05) is 32.0 Å². The Balaban J connectivity index is 1.95. The van der Waals surface area contributed by atoms with Crippen molar-refractivity contribution in [1.82, 2.24) is 0 Å². The second-order valence-corrected chi connectivity index (χ2v) is 7.28. The van der Waals surface area contributed by atoms with Crippen LogP contribution in [-0.4, -0.2) is 35.0 Å². The molecule has 7 nitrogen and oxygen atoms in total. The van der Waals surface area contributed by atoms with Gasteiger partial charge in [0, 0.05) is 5.69 Å². The molecule has 0 spiro atoms. The fourth-order valence-corrected chi connectivity index (χ4v) is 3.64. The average molecular weight is 410 g/mol. The van der Waals surface area contributed by atoms with E-state index < -0.39 is 18.1 Å². The van der Waals surface area contributed by atoms with Crippen LogP contribution in [0.15, 0.2) is 36.4 Å². The number of para-hydroxylation sites is 1. The van der Waals surface area contributed by atoms with Crippen molar-refractivity contribution < 1.29 is 24.2 Å². The van der Waals surface area contributed by atoms with Crippen molar-refractivity contribution in [3.05, 3.63) is 53.1 Å². The van der Waals surface area contributed by atoms with Gasteiger partial charge < -0.3 is 15.2 Å². The molecule has 1 aliphatic rings. The van der Waals surface area contributed by atoms with Crippen LogP contribution < -0.4 is 15.0 Å². The number of hydrogen-bond acceptors (Lipinski definition) is 4. The first-order chi connectivity index (χ1) is 14.3. The minimum Gasteiger partial charge on any atom is -0.479 e. The zero-order valence-electron chi connectivity index (χ0n) is 17.6. The molecule has 1 aliphatic heterocycles. The summed E-state index contributed by atoms with van der Waals surface area (Å²) in [7, 11) is 0. The molecule has 0 saturated heterocycles. The normalized spacial score (nSPS) is 16.5. The highest BCUT2D eigenvalue weighted by Crippen LogP contribution is 2.36. The van der Waals surface area contributed by atoms with Gasteiger partial charge in [-0.1, -0.05) is 32.0 Å². The predicted octanol–water partition coefficient (Wildman–Crippen LogP) is 3.65. The summed E-state index contributed by atoms with van der Waals surface area (Å²) in [6.45, 7) is 7.28. The summed E-state index contributed by atoms with van der Waals surface area (Å²) < 4.78 is 5.60. The molecule has 2 N–H and O–H groups in total. The van der Waals surface area contributed by atoms with Crippen molar-refractivity contribution in [2.24, 2.45) is 0 Å². The van der Waals surface area contributed by atoms with Crippen LogP contribution in [0.4, 0.5) is 11.4 Å². The number of anilines is 2. The maximum atomic E-state index is 13.1. The van der Waals surface area contributed by atoms with Gasteiger partial charge in [-0.3, -0.25) is 14.5 Å². The predicted molar refractivity (Wildman–Crippen MR) is 114 cm³/mol. The van der Waals surface area contributed by atoms with E-state index in [4.69, 9.17) is 4.74 Å². The number of fused-ring (bicyclic) bond motifs is 1. The number of carboxylic acid groups (broad SMARTS) is 1. The number of amides is 2. The molecule has 2 amide bonds. The molecular formula is C23H26N2O5. The van der Waals surface area contributed by atoms with E-state index in [-0.39, 0.29) is 23.1 Å². The van der Waals surface area contributed by atoms with Crippen LogP contribution in [0.3, 0.4) is 0 Å². The molecular weight excluding hydrogens is 384 g/mol. The molecule has 158 valence electrons. The smallest absolute Gasteiger partial charge is 0.335 e. The standard InChI is InChI=1S/C23H26N2O5/c1-5-15-8-7-9-16(6-2)20(15)24-21(26)13(3)25-18-11-10-17(23(28)29)12-19(18)30-14(4)22(25)27/h7-14H,5-6H2,1-4H3,(H,24,26)(H,28,29). The molecule has 2 aromatic rings. The van der Waals surface area contributed by atoms with E-state index in [1.54, 1.807) is 13.8 Å². The summed E-state index contributed by atoms with van der Waals surface area (Å²) in [6, 6.07) is 9.39. The number of nitrogens with one attached hydrogen (secondary N) is 1. The molecule has 0 radical (unpaired) electrons. The highest BCUT2D eigenvalue weighted by Gasteiger charge is 2.37. The van der Waals surface area contributed by atoms with E-state index >= 15 is 0 Å². The summed E-state index contributed by atoms with van der Waals surface area (Å²) in [5.74, 6) is -1.49. The van der Waals surface area contributed by atoms with E-state index in [1.165, 1.54) is 23.1 Å². The van der Waals surface area contributed by atoms with E-state index in [2.05, 4.69) is 5.32 Å². The van der Waals surface area contributed by atoms with Gasteiger partial charge in [0.1, 0.15) is 11.8 Å². The summed E-state index contributed by atoms with van der Waals surface area (Å²) in [5.41, 5.74) is 3.28. The summed E-state index contributed by atoms with van der Waals surface area (Å²) in [5, 5.41) is 12.2. The van der Waals surface area contributed by atoms with E-state index in [0.29, 0.717) is 5.69 Å². The Bertz CT molecular complexity index is 979. The number of carbonyl (C=O) groups excluding carboxylic acids is 2. The van der Waals surface area contributed by atoms with Gasteiger partial charge in [0.25, 0.3) is 5.91 Å². The van der Waals surface area contributed by atoms with Gasteiger partial charge in [0.15, 0.2) is 6.10 Å². The highest BCUT2D eigenvalue weighted by molar-refractivity contribution is 6.08. The molecule has 0 saturated carbocycles. The molecule has 7 heteroatoms. The van der Waals surface area contributed by atoms with E-state index in [0.717, 1.165) is 29.7 Å². The maximum absolute atomic E-state index is 13.1. The second-order valence-electron chi connectivity index (χ2n) is 7.28. The van der Waals surface area contributed by atoms with Gasteiger partial charge in [-0.2, -0.15) is 0 Å². The fraction of sp³-hybridized carbons (Fsp3) is 0.348. The minimum atomic E-state index is -1.09. The third kappa shape index (κ3) is 3.87. The van der Waals surface area contributed by atoms with Crippen LogP contribution >= 0.6 is 0 Å². The SMILES string of the molecule is CCc1cccc(CC)c1NC(=O)C(C)N1C(=O)C(C)Oc2cc(C(=O)O)ccc21. The first-order valence-corrected chi connectivity index (χ1v) is 10.1. The average Bonchev–Trinajstić information content (AvgIpc) is 2.73. The third-order valence-corrected chi connectivity index (χ3v) is 5.37. The number of benzene rings is 2. The van der Waals surface area contributed by atoms with Crippen molar-refractivity contribution >= 4 is 29.2 Å². The number of carboxylic acids is 1. The molecule has 0 aliphatic carbocycles. The summed E-state index contributed by atoms with van der Waals surface area (Å²) >= 11 is 0. The molecule has 0 aromatic heterocycles. The Hall–Kier alpha value is -3.35. The van der Waals surface area contributed by atoms with Crippen LogP contribution in [0, 0.1) is 0 Å². The molecule has 30 heavy (non-hydrogen) atoms. The number of carbonyl (C=O) groups is 3. The molecule has 0 fully saturated rings. The zero-order chi connectivity index (χ0) is 22.0. The first kappa shape index (κ1) is 21.4. The summed E-state index contributed by atoms with van der Waals surface area (Å²) in [6.07, 6.45) is 0.712. The molecule has 2 atom stereocenters. The lowest BCUT2D eigenvalue weighted by atomic mass is 10.0. The third-order valence-electron chi connectivity index (χ3n) is 5.37.